The van der Waals surface area contributed by atoms with Crippen LogP contribution in [0.25, 0.3) is 10.9 Å². The van der Waals surface area contributed by atoms with Crippen LogP contribution < -0.4 is 20.3 Å². The number of nitrogens with one attached hydrogen (secondary N) is 2. The molecule has 0 unspecified atom stereocenters. The minimum atomic E-state index is -0.262. The average molecular weight is 470 g/mol. The van der Waals surface area contributed by atoms with Crippen molar-refractivity contribution >= 4 is 34.2 Å². The molecule has 1 aliphatic rings. The molecular weight excluding hydrogens is 442 g/mol. The standard InChI is InChI=1S/C25H28ClN3O4/c1-32-22-13-16-12-17(24(30)27-21(16)14-23(22)33-2)15-29(18-8-4-3-5-9-18)25(31)28-20-11-7-6-10-19(20)26/h6-7,10-14,18H,3-5,8-9,15H2,1-2H3,(H,27,30)(H,28,31). The van der Waals surface area contributed by atoms with E-state index < -0.39 is 0 Å². The largest absolute Gasteiger partial charge is 0.493 e. The highest BCUT2D eigenvalue weighted by atomic mass is 35.5. The summed E-state index contributed by atoms with van der Waals surface area (Å²) in [6, 6.07) is 12.3. The zero-order valence-electron chi connectivity index (χ0n) is 18.8. The van der Waals surface area contributed by atoms with E-state index in [9.17, 15) is 9.59 Å². The number of ether oxygens (including phenoxy) is 2. The predicted molar refractivity (Wildman–Crippen MR) is 131 cm³/mol. The lowest BCUT2D eigenvalue weighted by Crippen LogP contribution is -2.44. The number of amides is 2. The van der Waals surface area contributed by atoms with E-state index in [0.717, 1.165) is 37.5 Å². The van der Waals surface area contributed by atoms with Crippen LogP contribution >= 0.6 is 11.6 Å². The number of H-pyrrole nitrogens is 1. The number of carbonyl (C=O) groups excluding carboxylic acids is 1. The summed E-state index contributed by atoms with van der Waals surface area (Å²) in [7, 11) is 3.12. The lowest BCUT2D eigenvalue weighted by Gasteiger charge is -2.34. The second-order valence-electron chi connectivity index (χ2n) is 8.25. The molecule has 2 amide bonds. The number of aromatic amines is 1. The van der Waals surface area contributed by atoms with E-state index in [1.165, 1.54) is 0 Å². The van der Waals surface area contributed by atoms with Crippen molar-refractivity contribution in [2.75, 3.05) is 19.5 Å². The maximum absolute atomic E-state index is 13.3. The Balaban J connectivity index is 1.67. The Bertz CT molecular complexity index is 1200. The summed E-state index contributed by atoms with van der Waals surface area (Å²) in [4.78, 5) is 31.0. The van der Waals surface area contributed by atoms with Gasteiger partial charge in [0.1, 0.15) is 0 Å². The van der Waals surface area contributed by atoms with Crippen LogP contribution in [0.1, 0.15) is 37.7 Å². The van der Waals surface area contributed by atoms with E-state index in [1.54, 1.807) is 37.3 Å². The first-order chi connectivity index (χ1) is 16.0. The van der Waals surface area contributed by atoms with Crippen LogP contribution in [0.3, 0.4) is 0 Å². The summed E-state index contributed by atoms with van der Waals surface area (Å²) in [5.41, 5.74) is 1.47. The van der Waals surface area contributed by atoms with Crippen molar-refractivity contribution < 1.29 is 14.3 Å². The highest BCUT2D eigenvalue weighted by molar-refractivity contribution is 6.33. The number of hydrogen-bond donors (Lipinski definition) is 2. The molecule has 0 saturated heterocycles. The molecule has 1 fully saturated rings. The second kappa shape index (κ2) is 10.2. The number of pyridine rings is 1. The summed E-state index contributed by atoms with van der Waals surface area (Å²) in [6.07, 6.45) is 5.10. The number of halogens is 1. The first kappa shape index (κ1) is 23.0. The minimum absolute atomic E-state index is 0.0572. The molecule has 33 heavy (non-hydrogen) atoms. The molecule has 2 aromatic carbocycles. The van der Waals surface area contributed by atoms with Crippen LogP contribution in [0.4, 0.5) is 10.5 Å². The van der Waals surface area contributed by atoms with Gasteiger partial charge in [0, 0.05) is 23.1 Å². The van der Waals surface area contributed by atoms with Gasteiger partial charge in [-0.25, -0.2) is 4.79 Å². The van der Waals surface area contributed by atoms with E-state index in [2.05, 4.69) is 10.3 Å². The third kappa shape index (κ3) is 5.09. The van der Waals surface area contributed by atoms with Gasteiger partial charge in [-0.15, -0.1) is 0 Å². The maximum atomic E-state index is 13.3. The fourth-order valence-electron chi connectivity index (χ4n) is 4.39. The normalized spacial score (nSPS) is 14.2. The average Bonchev–Trinajstić information content (AvgIpc) is 2.83. The second-order valence-corrected chi connectivity index (χ2v) is 8.66. The molecule has 1 heterocycles. The highest BCUT2D eigenvalue weighted by Gasteiger charge is 2.27. The molecule has 1 aromatic heterocycles. The van der Waals surface area contributed by atoms with Crippen molar-refractivity contribution in [3.05, 3.63) is 63.4 Å². The maximum Gasteiger partial charge on any atom is 0.322 e. The molecule has 0 spiro atoms. The van der Waals surface area contributed by atoms with E-state index in [0.29, 0.717) is 33.3 Å². The van der Waals surface area contributed by atoms with Crippen LogP contribution in [0, 0.1) is 0 Å². The van der Waals surface area contributed by atoms with Gasteiger partial charge in [-0.05, 0) is 37.1 Å². The van der Waals surface area contributed by atoms with Gasteiger partial charge in [0.25, 0.3) is 5.56 Å². The first-order valence-corrected chi connectivity index (χ1v) is 11.5. The SMILES string of the molecule is COc1cc2cc(CN(C(=O)Nc3ccccc3Cl)C3CCCCC3)c(=O)[nH]c2cc1OC. The molecule has 0 radical (unpaired) electrons. The zero-order chi connectivity index (χ0) is 23.4. The molecule has 0 atom stereocenters. The van der Waals surface area contributed by atoms with Crippen LogP contribution in [-0.4, -0.2) is 36.2 Å². The van der Waals surface area contributed by atoms with Crippen molar-refractivity contribution in [3.8, 4) is 11.5 Å². The molecule has 1 saturated carbocycles. The van der Waals surface area contributed by atoms with Gasteiger partial charge in [-0.3, -0.25) is 4.79 Å². The number of methoxy groups -OCH3 is 2. The van der Waals surface area contributed by atoms with Gasteiger partial charge >= 0.3 is 6.03 Å². The molecule has 2 N–H and O–H groups in total. The summed E-state index contributed by atoms with van der Waals surface area (Å²) in [5, 5.41) is 4.20. The van der Waals surface area contributed by atoms with Crippen molar-refractivity contribution in [2.45, 2.75) is 44.7 Å². The van der Waals surface area contributed by atoms with Crippen LogP contribution in [0.2, 0.25) is 5.02 Å². The Morgan fingerprint density at radius 2 is 1.79 bits per heavy atom. The number of nitrogens with zero attached hydrogens (tertiary/aromatic N) is 1. The lowest BCUT2D eigenvalue weighted by molar-refractivity contribution is 0.162. The molecule has 7 nitrogen and oxygen atoms in total. The van der Waals surface area contributed by atoms with Crippen LogP contribution in [0.5, 0.6) is 11.5 Å². The van der Waals surface area contributed by atoms with E-state index in [4.69, 9.17) is 21.1 Å². The van der Waals surface area contributed by atoms with E-state index in [1.807, 2.05) is 24.3 Å². The summed E-state index contributed by atoms with van der Waals surface area (Å²) in [5.74, 6) is 1.11. The fraction of sp³-hybridized carbons (Fsp3) is 0.360. The number of anilines is 1. The number of benzene rings is 2. The van der Waals surface area contributed by atoms with Gasteiger partial charge in [0.15, 0.2) is 11.5 Å². The number of urea groups is 1. The zero-order valence-corrected chi connectivity index (χ0v) is 19.6. The van der Waals surface area contributed by atoms with E-state index >= 15 is 0 Å². The number of carbonyl (C=O) groups is 1. The van der Waals surface area contributed by atoms with Gasteiger partial charge in [-0.1, -0.05) is 43.0 Å². The van der Waals surface area contributed by atoms with Crippen LogP contribution in [-0.2, 0) is 6.54 Å². The highest BCUT2D eigenvalue weighted by Crippen LogP contribution is 2.32. The van der Waals surface area contributed by atoms with Crippen molar-refractivity contribution in [3.63, 3.8) is 0 Å². The fourth-order valence-corrected chi connectivity index (χ4v) is 4.57. The quantitative estimate of drug-likeness (QED) is 0.494. The first-order valence-electron chi connectivity index (χ1n) is 11.1. The van der Waals surface area contributed by atoms with Gasteiger partial charge in [0.05, 0.1) is 37.0 Å². The molecular formula is C25H28ClN3O4. The number of para-hydroxylation sites is 1. The number of aromatic nitrogens is 1. The van der Waals surface area contributed by atoms with Crippen molar-refractivity contribution in [1.82, 2.24) is 9.88 Å². The number of hydrogen-bond acceptors (Lipinski definition) is 4. The summed E-state index contributed by atoms with van der Waals surface area (Å²) < 4.78 is 10.7. The van der Waals surface area contributed by atoms with Gasteiger partial charge in [-0.2, -0.15) is 0 Å². The Morgan fingerprint density at radius 1 is 1.09 bits per heavy atom. The van der Waals surface area contributed by atoms with Crippen molar-refractivity contribution in [2.24, 2.45) is 0 Å². The molecule has 3 aromatic rings. The molecule has 8 heteroatoms. The predicted octanol–water partition coefficient (Wildman–Crippen LogP) is 5.57. The Hall–Kier alpha value is -3.19. The Kier molecular flexibility index (Phi) is 7.08. The Morgan fingerprint density at radius 3 is 2.48 bits per heavy atom. The molecule has 0 bridgehead atoms. The number of rotatable bonds is 6. The van der Waals surface area contributed by atoms with Gasteiger partial charge in [0.2, 0.25) is 0 Å². The third-order valence-corrected chi connectivity index (χ3v) is 6.49. The minimum Gasteiger partial charge on any atom is -0.493 e. The molecule has 174 valence electrons. The van der Waals surface area contributed by atoms with Crippen LogP contribution in [0.15, 0.2) is 47.3 Å². The lowest BCUT2D eigenvalue weighted by atomic mass is 9.94. The summed E-state index contributed by atoms with van der Waals surface area (Å²) in [6.45, 7) is 0.195. The summed E-state index contributed by atoms with van der Waals surface area (Å²) >= 11 is 6.25. The van der Waals surface area contributed by atoms with Crippen molar-refractivity contribution in [1.29, 1.82) is 0 Å². The van der Waals surface area contributed by atoms with Gasteiger partial charge < -0.3 is 24.7 Å². The Labute approximate surface area is 197 Å². The van der Waals surface area contributed by atoms with E-state index in [-0.39, 0.29) is 24.2 Å². The molecule has 1 aliphatic carbocycles. The smallest absolute Gasteiger partial charge is 0.322 e. The number of fused-ring (bicyclic) bond motifs is 1. The monoisotopic (exact) mass is 469 g/mol. The topological polar surface area (TPSA) is 83.7 Å². The molecule has 4 rings (SSSR count). The molecule has 0 aliphatic heterocycles. The third-order valence-electron chi connectivity index (χ3n) is 6.16.